The Morgan fingerprint density at radius 3 is 2.44 bits per heavy atom. The van der Waals surface area contributed by atoms with Crippen molar-refractivity contribution in [1.29, 1.82) is 5.26 Å². The van der Waals surface area contributed by atoms with Crippen LogP contribution in [0.1, 0.15) is 0 Å². The normalized spacial score (nSPS) is 25.9. The number of ketones is 1. The zero-order chi connectivity index (χ0) is 12.6. The number of nitrogens with zero attached hydrogens (tertiary/aromatic N) is 1. The number of rotatable bonds is 2. The highest BCUT2D eigenvalue weighted by molar-refractivity contribution is 6.70. The highest BCUT2D eigenvalue weighted by atomic mass is 35.5. The summed E-state index contributed by atoms with van der Waals surface area (Å²) in [4.78, 5) is 11.3. The van der Waals surface area contributed by atoms with Crippen LogP contribution in [0.25, 0.3) is 0 Å². The molecule has 0 bridgehead atoms. The molecule has 1 rings (SSSR count). The van der Waals surface area contributed by atoms with Crippen LogP contribution < -0.4 is 0 Å². The lowest BCUT2D eigenvalue weighted by Crippen LogP contribution is -2.42. The Hall–Kier alpha value is -0.603. The molecule has 3 nitrogen and oxygen atoms in total. The molecule has 0 heterocycles. The lowest BCUT2D eigenvalue weighted by atomic mass is 9.99. The van der Waals surface area contributed by atoms with Crippen molar-refractivity contribution in [1.82, 2.24) is 0 Å². The van der Waals surface area contributed by atoms with E-state index in [0.29, 0.717) is 0 Å². The van der Waals surface area contributed by atoms with E-state index in [9.17, 15) is 10.1 Å². The van der Waals surface area contributed by atoms with Crippen LogP contribution in [0.15, 0.2) is 22.2 Å². The molecule has 0 aliphatic heterocycles. The van der Waals surface area contributed by atoms with E-state index in [1.54, 1.807) is 0 Å². The van der Waals surface area contributed by atoms with Gasteiger partial charge in [-0.2, -0.15) is 5.26 Å². The van der Waals surface area contributed by atoms with Crippen LogP contribution in [0, 0.1) is 11.3 Å². The van der Waals surface area contributed by atoms with E-state index in [-0.39, 0.29) is 10.1 Å². The minimum Gasteiger partial charge on any atom is -0.393 e. The third kappa shape index (κ3) is 2.74. The number of hydrogen-bond donors (Lipinski definition) is 0. The molecule has 0 aromatic carbocycles. The fourth-order valence-electron chi connectivity index (χ4n) is 1.28. The topological polar surface area (TPSA) is 50.1 Å². The highest BCUT2D eigenvalue weighted by Gasteiger charge is 2.41. The molecule has 0 saturated heterocycles. The van der Waals surface area contributed by atoms with Gasteiger partial charge in [-0.05, 0) is 25.7 Å². The number of nitriles is 1. The van der Waals surface area contributed by atoms with Crippen molar-refractivity contribution in [3.8, 4) is 6.07 Å². The maximum absolute atomic E-state index is 11.3. The molecular weight excluding hydrogens is 265 g/mol. The predicted octanol–water partition coefficient (Wildman–Crippen LogP) is 2.93. The van der Waals surface area contributed by atoms with Gasteiger partial charge >= 0.3 is 0 Å². The summed E-state index contributed by atoms with van der Waals surface area (Å²) in [6.45, 7) is 5.78. The molecule has 0 saturated carbocycles. The van der Waals surface area contributed by atoms with Gasteiger partial charge in [-0.1, -0.05) is 23.2 Å². The third-order valence-corrected chi connectivity index (χ3v) is 3.43. The van der Waals surface area contributed by atoms with Crippen LogP contribution in [-0.2, 0) is 9.22 Å². The molecular formula is C10H11Cl2NO2Si. The Morgan fingerprint density at radius 1 is 1.44 bits per heavy atom. The van der Waals surface area contributed by atoms with Gasteiger partial charge in [0.05, 0.1) is 10.1 Å². The zero-order valence-electron chi connectivity index (χ0n) is 9.17. The Kier molecular flexibility index (Phi) is 3.65. The average molecular weight is 276 g/mol. The molecule has 16 heavy (non-hydrogen) atoms. The summed E-state index contributed by atoms with van der Waals surface area (Å²) in [5.74, 6) is -0.406. The SMILES string of the molecule is C[Si](C)(C)OC1(C#N)C=C(Cl)C(=O)C=C1Cl. The van der Waals surface area contributed by atoms with E-state index in [2.05, 4.69) is 0 Å². The maximum Gasteiger partial charge on any atom is 0.201 e. The molecule has 1 unspecified atom stereocenters. The van der Waals surface area contributed by atoms with Crippen molar-refractivity contribution in [2.45, 2.75) is 25.2 Å². The summed E-state index contributed by atoms with van der Waals surface area (Å²) in [6, 6.07) is 1.97. The van der Waals surface area contributed by atoms with E-state index < -0.39 is 19.7 Å². The number of carbonyl (C=O) groups excluding carboxylic acids is 1. The summed E-state index contributed by atoms with van der Waals surface area (Å²) < 4.78 is 5.71. The van der Waals surface area contributed by atoms with E-state index in [4.69, 9.17) is 27.6 Å². The maximum atomic E-state index is 11.3. The van der Waals surface area contributed by atoms with Gasteiger partial charge in [0, 0.05) is 6.08 Å². The standard InChI is InChI=1S/C10H11Cl2NO2Si/c1-16(2,3)15-10(6-13)5-7(11)8(14)4-9(10)12/h4-5H,1-3H3. The lowest BCUT2D eigenvalue weighted by Gasteiger charge is -2.32. The van der Waals surface area contributed by atoms with Crippen molar-refractivity contribution in [3.05, 3.63) is 22.2 Å². The summed E-state index contributed by atoms with van der Waals surface area (Å²) in [6.07, 6.45) is 2.41. The molecule has 0 radical (unpaired) electrons. The minimum absolute atomic E-state index is 0.0378. The average Bonchev–Trinajstić information content (AvgIpc) is 2.12. The van der Waals surface area contributed by atoms with Crippen molar-refractivity contribution >= 4 is 37.3 Å². The number of allylic oxidation sites excluding steroid dienone is 2. The van der Waals surface area contributed by atoms with Gasteiger partial charge in [0.15, 0.2) is 14.1 Å². The van der Waals surface area contributed by atoms with Gasteiger partial charge in [0.25, 0.3) is 0 Å². The van der Waals surface area contributed by atoms with E-state index in [1.807, 2.05) is 25.7 Å². The summed E-state index contributed by atoms with van der Waals surface area (Å²) in [7, 11) is -1.99. The monoisotopic (exact) mass is 275 g/mol. The lowest BCUT2D eigenvalue weighted by molar-refractivity contribution is -0.111. The van der Waals surface area contributed by atoms with Gasteiger partial charge in [-0.25, -0.2) is 0 Å². The van der Waals surface area contributed by atoms with Crippen LogP contribution >= 0.6 is 23.2 Å². The minimum atomic E-state index is -1.99. The number of hydrogen-bond acceptors (Lipinski definition) is 3. The molecule has 86 valence electrons. The second kappa shape index (κ2) is 4.34. The second-order valence-corrected chi connectivity index (χ2v) is 9.65. The number of carbonyl (C=O) groups is 1. The zero-order valence-corrected chi connectivity index (χ0v) is 11.7. The van der Waals surface area contributed by atoms with Crippen LogP contribution in [0.5, 0.6) is 0 Å². The Morgan fingerprint density at radius 2 is 2.00 bits per heavy atom. The van der Waals surface area contributed by atoms with Crippen molar-refractivity contribution in [3.63, 3.8) is 0 Å². The fourth-order valence-corrected chi connectivity index (χ4v) is 2.97. The van der Waals surface area contributed by atoms with Gasteiger partial charge in [0.2, 0.25) is 5.60 Å². The largest absolute Gasteiger partial charge is 0.393 e. The smallest absolute Gasteiger partial charge is 0.201 e. The fraction of sp³-hybridized carbons (Fsp3) is 0.400. The van der Waals surface area contributed by atoms with Gasteiger partial charge in [-0.3, -0.25) is 4.79 Å². The van der Waals surface area contributed by atoms with Crippen LogP contribution in [0.3, 0.4) is 0 Å². The van der Waals surface area contributed by atoms with E-state index >= 15 is 0 Å². The van der Waals surface area contributed by atoms with Crippen molar-refractivity contribution in [2.24, 2.45) is 0 Å². The Balaban J connectivity index is 3.21. The molecule has 0 N–H and O–H groups in total. The molecule has 0 fully saturated rings. The van der Waals surface area contributed by atoms with Crippen molar-refractivity contribution in [2.75, 3.05) is 0 Å². The first kappa shape index (κ1) is 13.5. The van der Waals surface area contributed by atoms with E-state index in [0.717, 1.165) is 6.08 Å². The molecule has 1 aliphatic rings. The van der Waals surface area contributed by atoms with Gasteiger partial charge in [0.1, 0.15) is 6.07 Å². The Bertz CT molecular complexity index is 431. The molecule has 1 aliphatic carbocycles. The third-order valence-electron chi connectivity index (χ3n) is 1.81. The first-order valence-electron chi connectivity index (χ1n) is 4.62. The summed E-state index contributed by atoms with van der Waals surface area (Å²) >= 11 is 11.6. The van der Waals surface area contributed by atoms with Crippen LogP contribution in [0.4, 0.5) is 0 Å². The van der Waals surface area contributed by atoms with Crippen LogP contribution in [-0.4, -0.2) is 19.7 Å². The van der Waals surface area contributed by atoms with Crippen molar-refractivity contribution < 1.29 is 9.22 Å². The van der Waals surface area contributed by atoms with Crippen LogP contribution in [0.2, 0.25) is 19.6 Å². The number of halogens is 2. The Labute approximate surface area is 105 Å². The summed E-state index contributed by atoms with van der Waals surface area (Å²) in [5.41, 5.74) is -1.41. The molecule has 0 amide bonds. The quantitative estimate of drug-likeness (QED) is 0.728. The summed E-state index contributed by atoms with van der Waals surface area (Å²) in [5, 5.41) is 9.21. The molecule has 0 aromatic heterocycles. The van der Waals surface area contributed by atoms with Gasteiger partial charge < -0.3 is 4.43 Å². The first-order valence-corrected chi connectivity index (χ1v) is 8.78. The molecule has 0 aromatic rings. The molecule has 6 heteroatoms. The van der Waals surface area contributed by atoms with Gasteiger partial charge in [-0.15, -0.1) is 0 Å². The molecule has 1 atom stereocenters. The molecule has 0 spiro atoms. The highest BCUT2D eigenvalue weighted by Crippen LogP contribution is 2.35. The second-order valence-electron chi connectivity index (χ2n) is 4.41. The predicted molar refractivity (Wildman–Crippen MR) is 65.7 cm³/mol. The van der Waals surface area contributed by atoms with E-state index in [1.165, 1.54) is 6.08 Å². The first-order chi connectivity index (χ1) is 7.20.